The van der Waals surface area contributed by atoms with Gasteiger partial charge in [-0.25, -0.2) is 9.59 Å². The lowest BCUT2D eigenvalue weighted by atomic mass is 10.1. The first kappa shape index (κ1) is 27.3. The molecule has 0 aliphatic carbocycles. The molecule has 186 valence electrons. The average molecular weight is 493 g/mol. The second kappa shape index (κ2) is 13.7. The summed E-state index contributed by atoms with van der Waals surface area (Å²) < 4.78 is 16.4. The number of carboxylic acids is 2. The van der Waals surface area contributed by atoms with Crippen LogP contribution in [0.15, 0.2) is 41.3 Å². The van der Waals surface area contributed by atoms with Crippen LogP contribution in [0.4, 0.5) is 0 Å². The smallest absolute Gasteiger partial charge is 0.414 e. The summed E-state index contributed by atoms with van der Waals surface area (Å²) in [6.07, 6.45) is 2.11. The van der Waals surface area contributed by atoms with Gasteiger partial charge in [-0.05, 0) is 30.0 Å². The third-order valence-electron chi connectivity index (χ3n) is 5.39. The Hall–Kier alpha value is -2.95. The zero-order chi connectivity index (χ0) is 25.1. The quantitative estimate of drug-likeness (QED) is 0.422. The van der Waals surface area contributed by atoms with E-state index in [0.717, 1.165) is 56.3 Å². The number of benzene rings is 2. The molecule has 0 bridgehead atoms. The summed E-state index contributed by atoms with van der Waals surface area (Å²) in [5, 5.41) is 14.8. The summed E-state index contributed by atoms with van der Waals surface area (Å²) in [6, 6.07) is 12.8. The van der Waals surface area contributed by atoms with Crippen LogP contribution in [0.25, 0.3) is 0 Å². The number of hydrogen-bond donors (Lipinski definition) is 2. The van der Waals surface area contributed by atoms with Crippen LogP contribution in [0.2, 0.25) is 0 Å². The van der Waals surface area contributed by atoms with Gasteiger partial charge in [0.1, 0.15) is 5.75 Å². The molecule has 3 rings (SSSR count). The molecule has 2 N–H and O–H groups in total. The summed E-state index contributed by atoms with van der Waals surface area (Å²) in [5.74, 6) is -1.37. The molecule has 0 unspecified atom stereocenters. The standard InChI is InChI=1S/C22H30N2O3S.C2H2O4/c1-25-20-14-22(27-3)21(26-2)13-18(20)16-24-11-9-23(10-12-24)15-17-5-7-19(28-4)8-6-17;3-1(4)2(5)6/h5-8,13-14H,9-12,15-16H2,1-4H3;(H,3,4)(H,5,6). The van der Waals surface area contributed by atoms with Crippen LogP contribution in [-0.4, -0.2) is 85.7 Å². The van der Waals surface area contributed by atoms with E-state index in [9.17, 15) is 0 Å². The lowest BCUT2D eigenvalue weighted by Crippen LogP contribution is -2.45. The highest BCUT2D eigenvalue weighted by Crippen LogP contribution is 2.35. The minimum atomic E-state index is -1.82. The zero-order valence-corrected chi connectivity index (χ0v) is 20.8. The lowest BCUT2D eigenvalue weighted by Gasteiger charge is -2.35. The Morgan fingerprint density at radius 1 is 0.794 bits per heavy atom. The molecule has 0 atom stereocenters. The van der Waals surface area contributed by atoms with Gasteiger partial charge in [-0.2, -0.15) is 0 Å². The molecule has 0 aromatic heterocycles. The molecule has 0 amide bonds. The molecule has 1 aliphatic rings. The van der Waals surface area contributed by atoms with Crippen molar-refractivity contribution < 1.29 is 34.0 Å². The average Bonchev–Trinajstić information content (AvgIpc) is 2.85. The molecule has 2 aromatic rings. The predicted octanol–water partition coefficient (Wildman–Crippen LogP) is 2.91. The van der Waals surface area contributed by atoms with Crippen molar-refractivity contribution in [2.24, 2.45) is 0 Å². The van der Waals surface area contributed by atoms with E-state index < -0.39 is 11.9 Å². The van der Waals surface area contributed by atoms with Gasteiger partial charge >= 0.3 is 11.9 Å². The number of nitrogens with zero attached hydrogens (tertiary/aromatic N) is 2. The molecule has 0 radical (unpaired) electrons. The molecule has 1 saturated heterocycles. The second-order valence-electron chi connectivity index (χ2n) is 7.53. The molecule has 0 saturated carbocycles. The summed E-state index contributed by atoms with van der Waals surface area (Å²) in [7, 11) is 5.01. The van der Waals surface area contributed by atoms with Crippen molar-refractivity contribution in [2.45, 2.75) is 18.0 Å². The van der Waals surface area contributed by atoms with Crippen LogP contribution in [0.5, 0.6) is 17.2 Å². The van der Waals surface area contributed by atoms with Crippen LogP contribution in [0.3, 0.4) is 0 Å². The van der Waals surface area contributed by atoms with Crippen molar-refractivity contribution >= 4 is 23.7 Å². The molecule has 34 heavy (non-hydrogen) atoms. The molecule has 1 aliphatic heterocycles. The van der Waals surface area contributed by atoms with Crippen molar-refractivity contribution in [3.8, 4) is 17.2 Å². The van der Waals surface area contributed by atoms with Crippen molar-refractivity contribution in [1.29, 1.82) is 0 Å². The van der Waals surface area contributed by atoms with Crippen LogP contribution >= 0.6 is 11.8 Å². The number of rotatable bonds is 8. The molecule has 1 fully saturated rings. The number of ether oxygens (including phenoxy) is 3. The fraction of sp³-hybridized carbons (Fsp3) is 0.417. The molecule has 9 nitrogen and oxygen atoms in total. The van der Waals surface area contributed by atoms with E-state index in [1.807, 2.05) is 12.1 Å². The third-order valence-corrected chi connectivity index (χ3v) is 6.14. The fourth-order valence-electron chi connectivity index (χ4n) is 3.55. The predicted molar refractivity (Wildman–Crippen MR) is 130 cm³/mol. The minimum absolute atomic E-state index is 0.695. The van der Waals surface area contributed by atoms with E-state index in [-0.39, 0.29) is 0 Å². The number of piperazine rings is 1. The molecule has 2 aromatic carbocycles. The first-order valence-corrected chi connectivity index (χ1v) is 11.9. The number of hydrogen-bond acceptors (Lipinski definition) is 8. The van der Waals surface area contributed by atoms with Crippen molar-refractivity contribution in [1.82, 2.24) is 9.80 Å². The van der Waals surface area contributed by atoms with E-state index >= 15 is 0 Å². The van der Waals surface area contributed by atoms with Crippen LogP contribution in [0.1, 0.15) is 11.1 Å². The number of carbonyl (C=O) groups is 2. The Balaban J connectivity index is 0.000000604. The highest BCUT2D eigenvalue weighted by atomic mass is 32.2. The van der Waals surface area contributed by atoms with E-state index in [1.54, 1.807) is 33.1 Å². The Morgan fingerprint density at radius 2 is 1.26 bits per heavy atom. The molecule has 0 spiro atoms. The molecular weight excluding hydrogens is 460 g/mol. The normalized spacial score (nSPS) is 14.0. The Labute approximate surface area is 204 Å². The number of aliphatic carboxylic acids is 2. The Bertz CT molecular complexity index is 933. The van der Waals surface area contributed by atoms with Crippen LogP contribution < -0.4 is 14.2 Å². The van der Waals surface area contributed by atoms with Crippen molar-refractivity contribution in [2.75, 3.05) is 53.8 Å². The van der Waals surface area contributed by atoms with Crippen molar-refractivity contribution in [3.63, 3.8) is 0 Å². The number of methoxy groups -OCH3 is 3. The number of thioether (sulfide) groups is 1. The second-order valence-corrected chi connectivity index (χ2v) is 8.41. The van der Waals surface area contributed by atoms with Gasteiger partial charge in [0, 0.05) is 55.8 Å². The van der Waals surface area contributed by atoms with Gasteiger partial charge < -0.3 is 24.4 Å². The van der Waals surface area contributed by atoms with Crippen LogP contribution in [0, 0.1) is 0 Å². The SMILES string of the molecule is COc1cc(OC)c(OC)cc1CN1CCN(Cc2ccc(SC)cc2)CC1.O=C(O)C(=O)O. The number of carboxylic acid groups (broad SMARTS) is 2. The topological polar surface area (TPSA) is 109 Å². The van der Waals surface area contributed by atoms with Gasteiger partial charge in [0.25, 0.3) is 0 Å². The molecule has 10 heteroatoms. The molecule has 1 heterocycles. The van der Waals surface area contributed by atoms with E-state index in [1.165, 1.54) is 10.5 Å². The highest BCUT2D eigenvalue weighted by Gasteiger charge is 2.20. The van der Waals surface area contributed by atoms with E-state index in [2.05, 4.69) is 40.3 Å². The van der Waals surface area contributed by atoms with Gasteiger partial charge in [-0.3, -0.25) is 9.80 Å². The Morgan fingerprint density at radius 3 is 1.71 bits per heavy atom. The maximum absolute atomic E-state index is 9.10. The van der Waals surface area contributed by atoms with Crippen molar-refractivity contribution in [3.05, 3.63) is 47.5 Å². The monoisotopic (exact) mass is 492 g/mol. The summed E-state index contributed by atoms with van der Waals surface area (Å²) in [6.45, 7) is 6.09. The van der Waals surface area contributed by atoms with Gasteiger partial charge in [0.05, 0.1) is 21.3 Å². The Kier molecular flexibility index (Phi) is 11.0. The van der Waals surface area contributed by atoms with Gasteiger partial charge in [-0.1, -0.05) is 12.1 Å². The van der Waals surface area contributed by atoms with Gasteiger partial charge in [0.15, 0.2) is 11.5 Å². The first-order valence-electron chi connectivity index (χ1n) is 10.6. The third kappa shape index (κ3) is 8.12. The maximum atomic E-state index is 9.10. The maximum Gasteiger partial charge on any atom is 0.414 e. The van der Waals surface area contributed by atoms with Gasteiger partial charge in [0.2, 0.25) is 0 Å². The summed E-state index contributed by atoms with van der Waals surface area (Å²) >= 11 is 1.79. The highest BCUT2D eigenvalue weighted by molar-refractivity contribution is 7.98. The fourth-order valence-corrected chi connectivity index (χ4v) is 3.96. The first-order chi connectivity index (χ1) is 16.3. The minimum Gasteiger partial charge on any atom is -0.496 e. The largest absolute Gasteiger partial charge is 0.496 e. The van der Waals surface area contributed by atoms with E-state index in [0.29, 0.717) is 5.75 Å². The van der Waals surface area contributed by atoms with Gasteiger partial charge in [-0.15, -0.1) is 11.8 Å². The molecular formula is C24H32N2O7S. The zero-order valence-electron chi connectivity index (χ0n) is 19.9. The summed E-state index contributed by atoms with van der Waals surface area (Å²) in [4.78, 5) is 24.5. The van der Waals surface area contributed by atoms with E-state index in [4.69, 9.17) is 34.0 Å². The van der Waals surface area contributed by atoms with Crippen LogP contribution in [-0.2, 0) is 22.7 Å². The lowest BCUT2D eigenvalue weighted by molar-refractivity contribution is -0.159. The summed E-state index contributed by atoms with van der Waals surface area (Å²) in [5.41, 5.74) is 2.51.